The molecule has 0 aromatic carbocycles. The summed E-state index contributed by atoms with van der Waals surface area (Å²) in [5, 5.41) is 7.97. The fraction of sp³-hybridized carbons (Fsp3) is 0.786. The van der Waals surface area contributed by atoms with Crippen LogP contribution in [0.1, 0.15) is 39.5 Å². The van der Waals surface area contributed by atoms with Crippen molar-refractivity contribution < 1.29 is 4.74 Å². The average Bonchev–Trinajstić information content (AvgIpc) is 2.80. The third-order valence-electron chi connectivity index (χ3n) is 4.52. The Labute approximate surface area is 109 Å². The molecule has 1 saturated carbocycles. The fourth-order valence-corrected chi connectivity index (χ4v) is 2.59. The van der Waals surface area contributed by atoms with Crippen LogP contribution in [0.2, 0.25) is 0 Å². The van der Waals surface area contributed by atoms with Crippen molar-refractivity contribution in [3.63, 3.8) is 0 Å². The smallest absolute Gasteiger partial charge is 0.0771 e. The summed E-state index contributed by atoms with van der Waals surface area (Å²) in [4.78, 5) is 0. The van der Waals surface area contributed by atoms with E-state index in [-0.39, 0.29) is 0 Å². The van der Waals surface area contributed by atoms with Gasteiger partial charge in [-0.25, -0.2) is 0 Å². The van der Waals surface area contributed by atoms with Gasteiger partial charge in [0.25, 0.3) is 0 Å². The highest BCUT2D eigenvalue weighted by Crippen LogP contribution is 2.48. The molecule has 2 heterocycles. The zero-order valence-corrected chi connectivity index (χ0v) is 11.4. The summed E-state index contributed by atoms with van der Waals surface area (Å²) in [6.07, 6.45) is 9.41. The summed E-state index contributed by atoms with van der Waals surface area (Å²) >= 11 is 0. The number of nitrogens with zero attached hydrogens (tertiary/aromatic N) is 2. The molecule has 0 amide bonds. The molecule has 1 aliphatic carbocycles. The summed E-state index contributed by atoms with van der Waals surface area (Å²) in [7, 11) is 0. The third kappa shape index (κ3) is 2.53. The Morgan fingerprint density at radius 3 is 3.11 bits per heavy atom. The predicted molar refractivity (Wildman–Crippen MR) is 71.6 cm³/mol. The van der Waals surface area contributed by atoms with Gasteiger partial charge in [-0.1, -0.05) is 6.92 Å². The zero-order valence-electron chi connectivity index (χ0n) is 11.4. The molecule has 0 radical (unpaired) electrons. The summed E-state index contributed by atoms with van der Waals surface area (Å²) in [6, 6.07) is 0.526. The zero-order chi connectivity index (χ0) is 12.6. The van der Waals surface area contributed by atoms with Gasteiger partial charge in [0.1, 0.15) is 0 Å². The van der Waals surface area contributed by atoms with Crippen LogP contribution in [0, 0.1) is 5.41 Å². The van der Waals surface area contributed by atoms with Crippen LogP contribution < -0.4 is 5.32 Å². The minimum Gasteiger partial charge on any atom is -0.380 e. The first kappa shape index (κ1) is 12.0. The molecule has 2 fully saturated rings. The van der Waals surface area contributed by atoms with Gasteiger partial charge in [0, 0.05) is 18.8 Å². The molecule has 1 aromatic heterocycles. The minimum atomic E-state index is 0.358. The second kappa shape index (κ2) is 4.57. The maximum atomic E-state index is 5.63. The maximum absolute atomic E-state index is 5.63. The molecule has 0 bridgehead atoms. The Kier molecular flexibility index (Phi) is 3.06. The first-order chi connectivity index (χ1) is 8.66. The Bertz CT molecular complexity index is 405. The molecule has 1 aromatic rings. The van der Waals surface area contributed by atoms with Crippen molar-refractivity contribution in [2.75, 3.05) is 11.9 Å². The quantitative estimate of drug-likeness (QED) is 0.872. The van der Waals surface area contributed by atoms with E-state index in [4.69, 9.17) is 4.74 Å². The van der Waals surface area contributed by atoms with Crippen LogP contribution in [-0.4, -0.2) is 28.5 Å². The molecule has 100 valence electrons. The first-order valence-electron chi connectivity index (χ1n) is 7.06. The number of aromatic nitrogens is 2. The van der Waals surface area contributed by atoms with E-state index in [1.807, 2.05) is 10.9 Å². The second-order valence-electron chi connectivity index (χ2n) is 6.11. The highest BCUT2D eigenvalue weighted by Gasteiger charge is 2.42. The number of nitrogens with one attached hydrogen (secondary N) is 1. The fourth-order valence-electron chi connectivity index (χ4n) is 2.59. The van der Waals surface area contributed by atoms with E-state index in [0.717, 1.165) is 25.3 Å². The Balaban J connectivity index is 1.55. The van der Waals surface area contributed by atoms with E-state index in [0.29, 0.717) is 17.6 Å². The molecule has 0 spiro atoms. The largest absolute Gasteiger partial charge is 0.380 e. The topological polar surface area (TPSA) is 39.1 Å². The van der Waals surface area contributed by atoms with E-state index in [1.165, 1.54) is 19.3 Å². The molecule has 18 heavy (non-hydrogen) atoms. The number of ether oxygens (including phenoxy) is 1. The van der Waals surface area contributed by atoms with E-state index < -0.39 is 0 Å². The molecule has 1 N–H and O–H groups in total. The lowest BCUT2D eigenvalue weighted by Crippen LogP contribution is -2.24. The van der Waals surface area contributed by atoms with Crippen LogP contribution in [0.25, 0.3) is 0 Å². The van der Waals surface area contributed by atoms with Gasteiger partial charge in [-0.2, -0.15) is 5.10 Å². The second-order valence-corrected chi connectivity index (χ2v) is 6.11. The summed E-state index contributed by atoms with van der Waals surface area (Å²) in [6.45, 7) is 6.41. The van der Waals surface area contributed by atoms with E-state index in [9.17, 15) is 0 Å². The monoisotopic (exact) mass is 249 g/mol. The number of hydrogen-bond donors (Lipinski definition) is 1. The maximum Gasteiger partial charge on any atom is 0.0771 e. The van der Waals surface area contributed by atoms with E-state index in [2.05, 4.69) is 30.5 Å². The van der Waals surface area contributed by atoms with Crippen molar-refractivity contribution in [2.24, 2.45) is 5.41 Å². The van der Waals surface area contributed by atoms with Crippen molar-refractivity contribution in [3.8, 4) is 0 Å². The van der Waals surface area contributed by atoms with Crippen LogP contribution in [0.15, 0.2) is 12.4 Å². The minimum absolute atomic E-state index is 0.358. The highest BCUT2D eigenvalue weighted by molar-refractivity contribution is 5.40. The average molecular weight is 249 g/mol. The Morgan fingerprint density at radius 2 is 2.44 bits per heavy atom. The molecule has 1 saturated heterocycles. The highest BCUT2D eigenvalue weighted by atomic mass is 16.5. The number of hydrogen-bond acceptors (Lipinski definition) is 3. The van der Waals surface area contributed by atoms with Crippen molar-refractivity contribution >= 4 is 5.69 Å². The van der Waals surface area contributed by atoms with E-state index in [1.54, 1.807) is 0 Å². The standard InChI is InChI=1S/C14H23N3O/c1-11(14(2)5-6-14)16-12-8-15-17(9-12)10-13-4-3-7-18-13/h8-9,11,13,16H,3-7,10H2,1-2H3. The van der Waals surface area contributed by atoms with Crippen molar-refractivity contribution in [1.82, 2.24) is 9.78 Å². The molecule has 4 nitrogen and oxygen atoms in total. The van der Waals surface area contributed by atoms with Crippen LogP contribution in [-0.2, 0) is 11.3 Å². The lowest BCUT2D eigenvalue weighted by atomic mass is 10.0. The van der Waals surface area contributed by atoms with Crippen molar-refractivity contribution in [1.29, 1.82) is 0 Å². The predicted octanol–water partition coefficient (Wildman–Crippen LogP) is 2.66. The lowest BCUT2D eigenvalue weighted by Gasteiger charge is -2.20. The molecule has 4 heteroatoms. The summed E-state index contributed by atoms with van der Waals surface area (Å²) in [5.41, 5.74) is 1.63. The van der Waals surface area contributed by atoms with Gasteiger partial charge in [0.2, 0.25) is 0 Å². The SMILES string of the molecule is CC(Nc1cnn(CC2CCCO2)c1)C1(C)CC1. The summed E-state index contributed by atoms with van der Waals surface area (Å²) in [5.74, 6) is 0. The number of rotatable bonds is 5. The molecule has 2 aliphatic rings. The van der Waals surface area contributed by atoms with Gasteiger partial charge in [0.05, 0.1) is 24.5 Å². The van der Waals surface area contributed by atoms with E-state index >= 15 is 0 Å². The van der Waals surface area contributed by atoms with Crippen LogP contribution >= 0.6 is 0 Å². The number of anilines is 1. The molecule has 3 rings (SSSR count). The van der Waals surface area contributed by atoms with Crippen LogP contribution in [0.3, 0.4) is 0 Å². The lowest BCUT2D eigenvalue weighted by molar-refractivity contribution is 0.0940. The van der Waals surface area contributed by atoms with Gasteiger partial charge in [-0.3, -0.25) is 4.68 Å². The molecule has 2 atom stereocenters. The van der Waals surface area contributed by atoms with Gasteiger partial charge >= 0.3 is 0 Å². The molecule has 1 aliphatic heterocycles. The van der Waals surface area contributed by atoms with Gasteiger partial charge in [0.15, 0.2) is 0 Å². The summed E-state index contributed by atoms with van der Waals surface area (Å²) < 4.78 is 7.63. The molecular formula is C14H23N3O. The normalized spacial score (nSPS) is 27.1. The first-order valence-corrected chi connectivity index (χ1v) is 7.06. The Morgan fingerprint density at radius 1 is 1.61 bits per heavy atom. The van der Waals surface area contributed by atoms with Gasteiger partial charge < -0.3 is 10.1 Å². The van der Waals surface area contributed by atoms with Crippen LogP contribution in [0.4, 0.5) is 5.69 Å². The van der Waals surface area contributed by atoms with Gasteiger partial charge in [-0.15, -0.1) is 0 Å². The van der Waals surface area contributed by atoms with Gasteiger partial charge in [-0.05, 0) is 38.0 Å². The van der Waals surface area contributed by atoms with Crippen molar-refractivity contribution in [2.45, 2.75) is 58.2 Å². The third-order valence-corrected chi connectivity index (χ3v) is 4.52. The van der Waals surface area contributed by atoms with Crippen molar-refractivity contribution in [3.05, 3.63) is 12.4 Å². The Hall–Kier alpha value is -1.03. The molecular weight excluding hydrogens is 226 g/mol. The molecule has 2 unspecified atom stereocenters. The van der Waals surface area contributed by atoms with Crippen LogP contribution in [0.5, 0.6) is 0 Å².